The number of benzene rings is 1. The fourth-order valence-corrected chi connectivity index (χ4v) is 2.45. The number of rotatable bonds is 3. The van der Waals surface area contributed by atoms with Gasteiger partial charge in [0.15, 0.2) is 0 Å². The van der Waals surface area contributed by atoms with Crippen LogP contribution in [-0.2, 0) is 4.79 Å². The summed E-state index contributed by atoms with van der Waals surface area (Å²) >= 11 is 0. The second-order valence-electron chi connectivity index (χ2n) is 4.59. The predicted octanol–water partition coefficient (Wildman–Crippen LogP) is 2.08. The Hall–Kier alpha value is -2.31. The van der Waals surface area contributed by atoms with Gasteiger partial charge in [-0.3, -0.25) is 25.0 Å². The summed E-state index contributed by atoms with van der Waals surface area (Å²) in [4.78, 5) is 32.3. The van der Waals surface area contributed by atoms with E-state index in [1.807, 2.05) is 0 Å². The Morgan fingerprint density at radius 2 is 1.95 bits per heavy atom. The molecule has 0 aromatic heterocycles. The average molecular weight is 264 g/mol. The van der Waals surface area contributed by atoms with Crippen molar-refractivity contribution in [1.29, 1.82) is 0 Å². The first kappa shape index (κ1) is 13.1. The second kappa shape index (κ2) is 5.13. The van der Waals surface area contributed by atoms with Crippen molar-refractivity contribution >= 4 is 11.5 Å². The number of nitrogens with zero attached hydrogens (tertiary/aromatic N) is 2. The van der Waals surface area contributed by atoms with E-state index in [2.05, 4.69) is 0 Å². The van der Waals surface area contributed by atoms with Gasteiger partial charge in [0, 0.05) is 36.3 Å². The lowest BCUT2D eigenvalue weighted by Gasteiger charge is -2.24. The van der Waals surface area contributed by atoms with E-state index in [1.165, 1.54) is 18.2 Å². The molecule has 19 heavy (non-hydrogen) atoms. The minimum Gasteiger partial charge on any atom is -0.300 e. The Morgan fingerprint density at radius 3 is 2.58 bits per heavy atom. The van der Waals surface area contributed by atoms with Crippen molar-refractivity contribution in [2.45, 2.75) is 31.2 Å². The van der Waals surface area contributed by atoms with Gasteiger partial charge in [0.2, 0.25) is 6.04 Å². The lowest BCUT2D eigenvalue weighted by Crippen LogP contribution is -2.34. The molecule has 0 radical (unpaired) electrons. The number of nitro groups is 2. The number of nitro benzene ring substituents is 1. The first-order valence-electron chi connectivity index (χ1n) is 5.88. The number of Topliss-reactive ketones (excluding diaryl/α,β-unsaturated/α-hetero) is 1. The van der Waals surface area contributed by atoms with E-state index in [1.54, 1.807) is 6.07 Å². The van der Waals surface area contributed by atoms with Crippen molar-refractivity contribution in [3.8, 4) is 0 Å². The summed E-state index contributed by atoms with van der Waals surface area (Å²) in [5.74, 6) is -0.606. The van der Waals surface area contributed by atoms with Gasteiger partial charge in [-0.05, 0) is 5.56 Å². The molecule has 7 nitrogen and oxygen atoms in total. The number of non-ortho nitro benzene ring substituents is 1. The Labute approximate surface area is 108 Å². The van der Waals surface area contributed by atoms with Crippen molar-refractivity contribution in [1.82, 2.24) is 0 Å². The monoisotopic (exact) mass is 264 g/mol. The minimum atomic E-state index is -0.847. The first-order chi connectivity index (χ1) is 8.99. The smallest absolute Gasteiger partial charge is 0.269 e. The summed E-state index contributed by atoms with van der Waals surface area (Å²) in [5.41, 5.74) is 0.376. The molecule has 0 saturated heterocycles. The molecule has 100 valence electrons. The highest BCUT2D eigenvalue weighted by atomic mass is 16.6. The largest absolute Gasteiger partial charge is 0.300 e. The molecule has 0 N–H and O–H groups in total. The van der Waals surface area contributed by atoms with Crippen LogP contribution in [0, 0.1) is 20.2 Å². The normalized spacial score (nSPS) is 23.1. The molecule has 1 fully saturated rings. The van der Waals surface area contributed by atoms with E-state index in [-0.39, 0.29) is 30.7 Å². The summed E-state index contributed by atoms with van der Waals surface area (Å²) in [7, 11) is 0. The molecule has 1 aliphatic rings. The number of hydrogen-bond donors (Lipinski definition) is 0. The van der Waals surface area contributed by atoms with Gasteiger partial charge < -0.3 is 0 Å². The molecule has 0 heterocycles. The van der Waals surface area contributed by atoms with E-state index in [9.17, 15) is 25.0 Å². The van der Waals surface area contributed by atoms with Crippen LogP contribution >= 0.6 is 0 Å². The fourth-order valence-electron chi connectivity index (χ4n) is 2.45. The summed E-state index contributed by atoms with van der Waals surface area (Å²) in [6.45, 7) is 0. The lowest BCUT2D eigenvalue weighted by atomic mass is 9.79. The standard InChI is InChI=1S/C12H12N2O5/c15-10-4-5-12(14(18)19)11(7-10)8-2-1-3-9(6-8)13(16)17/h1-3,6,11-12H,4-5,7H2/t11-,12-/m0/s1. The van der Waals surface area contributed by atoms with E-state index >= 15 is 0 Å². The van der Waals surface area contributed by atoms with E-state index in [0.29, 0.717) is 5.56 Å². The van der Waals surface area contributed by atoms with Gasteiger partial charge in [0.25, 0.3) is 5.69 Å². The fraction of sp³-hybridized carbons (Fsp3) is 0.417. The Bertz CT molecular complexity index is 543. The Balaban J connectivity index is 2.36. The molecule has 0 bridgehead atoms. The highest BCUT2D eigenvalue weighted by molar-refractivity contribution is 5.80. The molecule has 1 saturated carbocycles. The topological polar surface area (TPSA) is 103 Å². The van der Waals surface area contributed by atoms with Gasteiger partial charge in [0.05, 0.1) is 10.8 Å². The lowest BCUT2D eigenvalue weighted by molar-refractivity contribution is -0.528. The van der Waals surface area contributed by atoms with E-state index in [0.717, 1.165) is 0 Å². The van der Waals surface area contributed by atoms with Gasteiger partial charge in [-0.2, -0.15) is 0 Å². The first-order valence-corrected chi connectivity index (χ1v) is 5.88. The molecular weight excluding hydrogens is 252 g/mol. The van der Waals surface area contributed by atoms with Crippen LogP contribution in [0.4, 0.5) is 5.69 Å². The van der Waals surface area contributed by atoms with Crippen molar-refractivity contribution in [3.05, 3.63) is 50.1 Å². The van der Waals surface area contributed by atoms with Crippen LogP contribution in [-0.4, -0.2) is 21.7 Å². The second-order valence-corrected chi connectivity index (χ2v) is 4.59. The highest BCUT2D eigenvalue weighted by Gasteiger charge is 2.38. The van der Waals surface area contributed by atoms with Crippen LogP contribution in [0.15, 0.2) is 24.3 Å². The number of carbonyl (C=O) groups is 1. The molecule has 0 aliphatic heterocycles. The summed E-state index contributed by atoms with van der Waals surface area (Å²) in [6, 6.07) is 4.89. The molecule has 1 aromatic carbocycles. The van der Waals surface area contributed by atoms with Crippen LogP contribution in [0.25, 0.3) is 0 Å². The molecule has 0 unspecified atom stereocenters. The molecule has 7 heteroatoms. The zero-order chi connectivity index (χ0) is 14.0. The predicted molar refractivity (Wildman–Crippen MR) is 65.5 cm³/mol. The van der Waals surface area contributed by atoms with Crippen LogP contribution < -0.4 is 0 Å². The van der Waals surface area contributed by atoms with Crippen LogP contribution in [0.5, 0.6) is 0 Å². The minimum absolute atomic E-state index is 0.0328. The molecule has 1 aromatic rings. The molecule has 1 aliphatic carbocycles. The van der Waals surface area contributed by atoms with Gasteiger partial charge in [0.1, 0.15) is 5.78 Å². The summed E-state index contributed by atoms with van der Waals surface area (Å²) < 4.78 is 0. The third-order valence-corrected chi connectivity index (χ3v) is 3.41. The molecule has 0 spiro atoms. The Kier molecular flexibility index (Phi) is 3.55. The van der Waals surface area contributed by atoms with Crippen molar-refractivity contribution in [3.63, 3.8) is 0 Å². The number of carbonyl (C=O) groups excluding carboxylic acids is 1. The van der Waals surface area contributed by atoms with Crippen molar-refractivity contribution in [2.24, 2.45) is 0 Å². The number of ketones is 1. The quantitative estimate of drug-likeness (QED) is 0.614. The number of hydrogen-bond acceptors (Lipinski definition) is 5. The third-order valence-electron chi connectivity index (χ3n) is 3.41. The molecular formula is C12H12N2O5. The van der Waals surface area contributed by atoms with Crippen LogP contribution in [0.2, 0.25) is 0 Å². The molecule has 2 rings (SSSR count). The maximum atomic E-state index is 11.5. The maximum absolute atomic E-state index is 11.5. The van der Waals surface area contributed by atoms with Crippen molar-refractivity contribution in [2.75, 3.05) is 0 Å². The van der Waals surface area contributed by atoms with Crippen LogP contribution in [0.1, 0.15) is 30.7 Å². The summed E-state index contributed by atoms with van der Waals surface area (Å²) in [6.07, 6.45) is 0.475. The maximum Gasteiger partial charge on any atom is 0.269 e. The molecule has 2 atom stereocenters. The highest BCUT2D eigenvalue weighted by Crippen LogP contribution is 2.34. The van der Waals surface area contributed by atoms with Gasteiger partial charge in [-0.25, -0.2) is 0 Å². The van der Waals surface area contributed by atoms with Gasteiger partial charge >= 0.3 is 0 Å². The van der Waals surface area contributed by atoms with Crippen molar-refractivity contribution < 1.29 is 14.6 Å². The average Bonchev–Trinajstić information content (AvgIpc) is 2.38. The summed E-state index contributed by atoms with van der Waals surface area (Å²) in [5, 5.41) is 21.7. The molecule has 0 amide bonds. The van der Waals surface area contributed by atoms with Gasteiger partial charge in [-0.1, -0.05) is 12.1 Å². The van der Waals surface area contributed by atoms with Crippen LogP contribution in [0.3, 0.4) is 0 Å². The Morgan fingerprint density at radius 1 is 1.21 bits per heavy atom. The van der Waals surface area contributed by atoms with E-state index < -0.39 is 21.8 Å². The SMILES string of the molecule is O=C1CC[C@H]([N+](=O)[O-])[C@H](c2cccc([N+](=O)[O-])c2)C1. The third kappa shape index (κ3) is 2.75. The van der Waals surface area contributed by atoms with Gasteiger partial charge in [-0.15, -0.1) is 0 Å². The zero-order valence-electron chi connectivity index (χ0n) is 10.0. The van der Waals surface area contributed by atoms with E-state index in [4.69, 9.17) is 0 Å². The zero-order valence-corrected chi connectivity index (χ0v) is 10.0.